The van der Waals surface area contributed by atoms with E-state index >= 15 is 0 Å². The third kappa shape index (κ3) is 2.26. The molecule has 0 aliphatic heterocycles. The van der Waals surface area contributed by atoms with Crippen molar-refractivity contribution >= 4 is 11.7 Å². The van der Waals surface area contributed by atoms with Crippen LogP contribution in [0.15, 0.2) is 12.3 Å². The van der Waals surface area contributed by atoms with Gasteiger partial charge in [0.15, 0.2) is 0 Å². The van der Waals surface area contributed by atoms with Crippen LogP contribution in [0.5, 0.6) is 0 Å². The molecule has 4 heteroatoms. The van der Waals surface area contributed by atoms with E-state index < -0.39 is 0 Å². The van der Waals surface area contributed by atoms with Crippen LogP contribution in [0.1, 0.15) is 28.9 Å². The molecule has 15 heavy (non-hydrogen) atoms. The van der Waals surface area contributed by atoms with Gasteiger partial charge in [-0.1, -0.05) is 0 Å². The van der Waals surface area contributed by atoms with Crippen LogP contribution in [-0.2, 0) is 4.74 Å². The number of esters is 1. The highest BCUT2D eigenvalue weighted by molar-refractivity contribution is 5.95. The summed E-state index contributed by atoms with van der Waals surface area (Å²) < 4.78 is 4.70. The van der Waals surface area contributed by atoms with Crippen LogP contribution >= 0.6 is 0 Å². The highest BCUT2D eigenvalue weighted by Gasteiger charge is 2.23. The number of pyridine rings is 1. The van der Waals surface area contributed by atoms with Crippen molar-refractivity contribution in [1.82, 2.24) is 4.98 Å². The first-order valence-electron chi connectivity index (χ1n) is 5.02. The summed E-state index contributed by atoms with van der Waals surface area (Å²) in [6.07, 6.45) is 3.90. The number of anilines is 1. The lowest BCUT2D eigenvalue weighted by atomic mass is 10.2. The molecular weight excluding hydrogens is 192 g/mol. The first-order valence-corrected chi connectivity index (χ1v) is 5.02. The summed E-state index contributed by atoms with van der Waals surface area (Å²) in [7, 11) is 1.38. The Kier molecular flexibility index (Phi) is 2.58. The molecule has 0 amide bonds. The number of methoxy groups -OCH3 is 1. The van der Waals surface area contributed by atoms with E-state index in [1.807, 2.05) is 13.0 Å². The Bertz CT molecular complexity index is 386. The Balaban J connectivity index is 2.29. The quantitative estimate of drug-likeness (QED) is 0.765. The van der Waals surface area contributed by atoms with Gasteiger partial charge in [-0.05, 0) is 25.8 Å². The van der Waals surface area contributed by atoms with Crippen LogP contribution in [0.25, 0.3) is 0 Å². The number of hydrogen-bond acceptors (Lipinski definition) is 4. The second-order valence-electron chi connectivity index (χ2n) is 3.78. The number of ether oxygens (including phenoxy) is 1. The number of rotatable bonds is 3. The van der Waals surface area contributed by atoms with Gasteiger partial charge < -0.3 is 10.1 Å². The normalized spacial score (nSPS) is 14.8. The molecule has 1 N–H and O–H groups in total. The van der Waals surface area contributed by atoms with Crippen LogP contribution in [0.2, 0.25) is 0 Å². The highest BCUT2D eigenvalue weighted by Crippen LogP contribution is 2.27. The molecular formula is C11H14N2O2. The smallest absolute Gasteiger partial charge is 0.341 e. The predicted molar refractivity (Wildman–Crippen MR) is 57.0 cm³/mol. The molecule has 1 aliphatic rings. The molecule has 1 saturated carbocycles. The summed E-state index contributed by atoms with van der Waals surface area (Å²) in [5.74, 6) is -0.342. The molecule has 0 bridgehead atoms. The topological polar surface area (TPSA) is 51.2 Å². The van der Waals surface area contributed by atoms with Crippen LogP contribution < -0.4 is 5.32 Å². The van der Waals surface area contributed by atoms with Gasteiger partial charge in [0.2, 0.25) is 0 Å². The van der Waals surface area contributed by atoms with Crippen molar-refractivity contribution in [2.24, 2.45) is 0 Å². The van der Waals surface area contributed by atoms with Crippen molar-refractivity contribution in [2.75, 3.05) is 12.4 Å². The van der Waals surface area contributed by atoms with Crippen molar-refractivity contribution < 1.29 is 9.53 Å². The standard InChI is InChI=1S/C11H14N2O2/c1-7-5-10(13-8-3-4-8)9(6-12-7)11(14)15-2/h5-6,8H,3-4H2,1-2H3,(H,12,13). The lowest BCUT2D eigenvalue weighted by Crippen LogP contribution is -2.10. The van der Waals surface area contributed by atoms with E-state index in [4.69, 9.17) is 4.74 Å². The molecule has 2 rings (SSSR count). The summed E-state index contributed by atoms with van der Waals surface area (Å²) in [6.45, 7) is 1.90. The zero-order valence-corrected chi connectivity index (χ0v) is 8.91. The first kappa shape index (κ1) is 9.96. The number of nitrogens with one attached hydrogen (secondary N) is 1. The fourth-order valence-corrected chi connectivity index (χ4v) is 1.40. The van der Waals surface area contributed by atoms with Gasteiger partial charge in [0.25, 0.3) is 0 Å². The minimum absolute atomic E-state index is 0.342. The fraction of sp³-hybridized carbons (Fsp3) is 0.455. The molecule has 1 fully saturated rings. The molecule has 80 valence electrons. The molecule has 1 heterocycles. The third-order valence-corrected chi connectivity index (χ3v) is 2.38. The SMILES string of the molecule is COC(=O)c1cnc(C)cc1NC1CC1. The van der Waals surface area contributed by atoms with Crippen molar-refractivity contribution in [1.29, 1.82) is 0 Å². The van der Waals surface area contributed by atoms with Gasteiger partial charge in [0.05, 0.1) is 12.8 Å². The second kappa shape index (κ2) is 3.88. The van der Waals surface area contributed by atoms with E-state index in [0.717, 1.165) is 11.4 Å². The third-order valence-electron chi connectivity index (χ3n) is 2.38. The lowest BCUT2D eigenvalue weighted by molar-refractivity contribution is 0.0601. The Morgan fingerprint density at radius 1 is 1.60 bits per heavy atom. The summed E-state index contributed by atoms with van der Waals surface area (Å²) in [5, 5.41) is 3.30. The summed E-state index contributed by atoms with van der Waals surface area (Å²) in [4.78, 5) is 15.5. The summed E-state index contributed by atoms with van der Waals surface area (Å²) in [6, 6.07) is 2.39. The molecule has 0 aromatic carbocycles. The Labute approximate surface area is 88.7 Å². The predicted octanol–water partition coefficient (Wildman–Crippen LogP) is 1.75. The van der Waals surface area contributed by atoms with Crippen LogP contribution in [-0.4, -0.2) is 24.1 Å². The number of hydrogen-bond donors (Lipinski definition) is 1. The van der Waals surface area contributed by atoms with Gasteiger partial charge in [-0.2, -0.15) is 0 Å². The first-order chi connectivity index (χ1) is 7.20. The summed E-state index contributed by atoms with van der Waals surface area (Å²) in [5.41, 5.74) is 2.23. The van der Waals surface area contributed by atoms with Gasteiger partial charge in [-0.3, -0.25) is 4.98 Å². The molecule has 4 nitrogen and oxygen atoms in total. The zero-order valence-electron chi connectivity index (χ0n) is 8.91. The maximum Gasteiger partial charge on any atom is 0.341 e. The van der Waals surface area contributed by atoms with E-state index in [0.29, 0.717) is 11.6 Å². The molecule has 1 aromatic rings. The molecule has 0 unspecified atom stereocenters. The number of carbonyl (C=O) groups excluding carboxylic acids is 1. The Morgan fingerprint density at radius 2 is 2.33 bits per heavy atom. The van der Waals surface area contributed by atoms with Gasteiger partial charge >= 0.3 is 5.97 Å². The van der Waals surface area contributed by atoms with Crippen LogP contribution in [0.3, 0.4) is 0 Å². The van der Waals surface area contributed by atoms with Gasteiger partial charge in [0.1, 0.15) is 5.56 Å². The number of carbonyl (C=O) groups is 1. The monoisotopic (exact) mass is 206 g/mol. The molecule has 0 spiro atoms. The molecule has 0 radical (unpaired) electrons. The van der Waals surface area contributed by atoms with E-state index in [1.165, 1.54) is 20.0 Å². The molecule has 0 saturated heterocycles. The maximum absolute atomic E-state index is 11.4. The minimum atomic E-state index is -0.342. The van der Waals surface area contributed by atoms with Crippen molar-refractivity contribution in [3.63, 3.8) is 0 Å². The fourth-order valence-electron chi connectivity index (χ4n) is 1.40. The van der Waals surface area contributed by atoms with Gasteiger partial charge in [0, 0.05) is 17.9 Å². The average molecular weight is 206 g/mol. The highest BCUT2D eigenvalue weighted by atomic mass is 16.5. The van der Waals surface area contributed by atoms with Crippen LogP contribution in [0.4, 0.5) is 5.69 Å². The molecule has 0 atom stereocenters. The van der Waals surface area contributed by atoms with Crippen molar-refractivity contribution in [2.45, 2.75) is 25.8 Å². The molecule has 1 aromatic heterocycles. The van der Waals surface area contributed by atoms with E-state index in [-0.39, 0.29) is 5.97 Å². The summed E-state index contributed by atoms with van der Waals surface area (Å²) >= 11 is 0. The van der Waals surface area contributed by atoms with Crippen LogP contribution in [0, 0.1) is 6.92 Å². The Morgan fingerprint density at radius 3 is 2.93 bits per heavy atom. The number of aryl methyl sites for hydroxylation is 1. The minimum Gasteiger partial charge on any atom is -0.465 e. The average Bonchev–Trinajstić information content (AvgIpc) is 3.01. The second-order valence-corrected chi connectivity index (χ2v) is 3.78. The molecule has 1 aliphatic carbocycles. The largest absolute Gasteiger partial charge is 0.465 e. The van der Waals surface area contributed by atoms with E-state index in [1.54, 1.807) is 6.20 Å². The lowest BCUT2D eigenvalue weighted by Gasteiger charge is -2.09. The van der Waals surface area contributed by atoms with E-state index in [2.05, 4.69) is 10.3 Å². The zero-order chi connectivity index (χ0) is 10.8. The Hall–Kier alpha value is -1.58. The maximum atomic E-state index is 11.4. The van der Waals surface area contributed by atoms with Gasteiger partial charge in [-0.15, -0.1) is 0 Å². The van der Waals surface area contributed by atoms with E-state index in [9.17, 15) is 4.79 Å². The number of nitrogens with zero attached hydrogens (tertiary/aromatic N) is 1. The van der Waals surface area contributed by atoms with Crippen molar-refractivity contribution in [3.05, 3.63) is 23.5 Å². The van der Waals surface area contributed by atoms with Gasteiger partial charge in [-0.25, -0.2) is 4.79 Å². The van der Waals surface area contributed by atoms with Crippen molar-refractivity contribution in [3.8, 4) is 0 Å². The number of aromatic nitrogens is 1.